The van der Waals surface area contributed by atoms with Crippen molar-refractivity contribution in [3.8, 4) is 0 Å². The van der Waals surface area contributed by atoms with Crippen LogP contribution in [0.2, 0.25) is 0 Å². The fourth-order valence-electron chi connectivity index (χ4n) is 3.48. The summed E-state index contributed by atoms with van der Waals surface area (Å²) in [7, 11) is 0. The predicted molar refractivity (Wildman–Crippen MR) is 126 cm³/mol. The van der Waals surface area contributed by atoms with Crippen LogP contribution in [0.15, 0.2) is 47.7 Å². The molecule has 0 radical (unpaired) electrons. The molecule has 12 heteroatoms. The second kappa shape index (κ2) is 10.7. The highest BCUT2D eigenvalue weighted by Crippen LogP contribution is 2.30. The largest absolute Gasteiger partial charge is 0.416 e. The van der Waals surface area contributed by atoms with Gasteiger partial charge in [0.2, 0.25) is 0 Å². The smallest absolute Gasteiger partial charge is 0.338 e. The first-order valence-electron chi connectivity index (χ1n) is 10.7. The molecule has 4 N–H and O–H groups in total. The third kappa shape index (κ3) is 6.47. The number of hydrogen-bond acceptors (Lipinski definition) is 6. The number of benzene rings is 1. The minimum atomic E-state index is -4.50. The number of nitrogens with one attached hydrogen (secondary N) is 4. The number of amides is 3. The Morgan fingerprint density at radius 2 is 1.54 bits per heavy atom. The molecule has 1 aliphatic rings. The quantitative estimate of drug-likeness (QED) is 0.256. The lowest BCUT2D eigenvalue weighted by Gasteiger charge is -2.15. The lowest BCUT2D eigenvalue weighted by Crippen LogP contribution is -2.38. The number of thiophene rings is 1. The van der Waals surface area contributed by atoms with Crippen LogP contribution in [0.1, 0.15) is 51.6 Å². The van der Waals surface area contributed by atoms with E-state index in [1.807, 2.05) is 0 Å². The number of hydrazine groups is 1. The van der Waals surface area contributed by atoms with Gasteiger partial charge in [-0.1, -0.05) is 0 Å². The fourth-order valence-corrected chi connectivity index (χ4v) is 4.35. The SMILES string of the molecule is CC(=N)/C(C(=O)Nc1ccc(C(F)(F)F)cc1)=C(\C)NNC(=O)c1ccc(C(=O)N2CCCC2)s1. The Balaban J connectivity index is 1.64. The standard InChI is InChI=1S/C23H24F3N5O3S/c1-13(27)19(21(33)28-16-7-5-15(6-8-16)23(24,25)26)14(2)29-30-20(32)17-9-10-18(35-17)22(34)31-11-3-4-12-31/h5-10,27,29H,3-4,11-12H2,1-2H3,(H,28,33)(H,30,32)/b19-14-,27-13?. The zero-order valence-electron chi connectivity index (χ0n) is 19.0. The molecule has 1 aromatic carbocycles. The van der Waals surface area contributed by atoms with E-state index in [0.29, 0.717) is 18.0 Å². The van der Waals surface area contributed by atoms with Gasteiger partial charge in [0.15, 0.2) is 0 Å². The Morgan fingerprint density at radius 3 is 2.11 bits per heavy atom. The molecule has 3 amide bonds. The highest BCUT2D eigenvalue weighted by molar-refractivity contribution is 7.15. The molecule has 2 aromatic rings. The number of hydrogen-bond donors (Lipinski definition) is 4. The summed E-state index contributed by atoms with van der Waals surface area (Å²) in [6.07, 6.45) is -2.58. The van der Waals surface area contributed by atoms with Crippen molar-refractivity contribution >= 4 is 40.5 Å². The van der Waals surface area contributed by atoms with Crippen LogP contribution >= 0.6 is 11.3 Å². The molecule has 0 unspecified atom stereocenters. The van der Waals surface area contributed by atoms with Gasteiger partial charge in [0, 0.05) is 30.2 Å². The van der Waals surface area contributed by atoms with Gasteiger partial charge in [0.05, 0.1) is 20.9 Å². The minimum absolute atomic E-state index is 0.0960. The highest BCUT2D eigenvalue weighted by atomic mass is 32.1. The Morgan fingerprint density at radius 1 is 0.943 bits per heavy atom. The van der Waals surface area contributed by atoms with E-state index in [-0.39, 0.29) is 33.5 Å². The maximum atomic E-state index is 12.7. The molecule has 1 saturated heterocycles. The van der Waals surface area contributed by atoms with Crippen LogP contribution in [0.3, 0.4) is 0 Å². The first kappa shape index (κ1) is 25.9. The van der Waals surface area contributed by atoms with Gasteiger partial charge in [0.1, 0.15) is 0 Å². The molecule has 1 aliphatic heterocycles. The van der Waals surface area contributed by atoms with Crippen LogP contribution in [0.4, 0.5) is 18.9 Å². The monoisotopic (exact) mass is 507 g/mol. The van der Waals surface area contributed by atoms with Crippen LogP contribution < -0.4 is 16.2 Å². The van der Waals surface area contributed by atoms with E-state index in [1.54, 1.807) is 11.0 Å². The van der Waals surface area contributed by atoms with E-state index < -0.39 is 23.6 Å². The van der Waals surface area contributed by atoms with Crippen LogP contribution in [0, 0.1) is 5.41 Å². The molecular weight excluding hydrogens is 483 g/mol. The number of rotatable bonds is 7. The highest BCUT2D eigenvalue weighted by Gasteiger charge is 2.30. The molecule has 186 valence electrons. The van der Waals surface area contributed by atoms with Crippen molar-refractivity contribution in [2.45, 2.75) is 32.9 Å². The predicted octanol–water partition coefficient (Wildman–Crippen LogP) is 4.19. The third-order valence-corrected chi connectivity index (χ3v) is 6.32. The first-order chi connectivity index (χ1) is 16.5. The van der Waals surface area contributed by atoms with Crippen LogP contribution in [0.25, 0.3) is 0 Å². The molecule has 8 nitrogen and oxygen atoms in total. The molecule has 1 aromatic heterocycles. The molecule has 2 heterocycles. The fraction of sp³-hybridized carbons (Fsp3) is 0.304. The number of allylic oxidation sites excluding steroid dienone is 1. The topological polar surface area (TPSA) is 114 Å². The normalized spacial score (nSPS) is 14.3. The van der Waals surface area contributed by atoms with Crippen LogP contribution in [-0.2, 0) is 11.0 Å². The molecule has 0 saturated carbocycles. The maximum absolute atomic E-state index is 12.7. The molecule has 0 spiro atoms. The van der Waals surface area contributed by atoms with Gasteiger partial charge < -0.3 is 21.1 Å². The zero-order chi connectivity index (χ0) is 25.8. The number of alkyl halides is 3. The van der Waals surface area contributed by atoms with Crippen LogP contribution in [0.5, 0.6) is 0 Å². The number of carbonyl (C=O) groups is 3. The zero-order valence-corrected chi connectivity index (χ0v) is 19.8. The lowest BCUT2D eigenvalue weighted by atomic mass is 10.1. The van der Waals surface area contributed by atoms with E-state index in [1.165, 1.54) is 19.9 Å². The minimum Gasteiger partial charge on any atom is -0.338 e. The summed E-state index contributed by atoms with van der Waals surface area (Å²) >= 11 is 1.05. The van der Waals surface area contributed by atoms with E-state index in [2.05, 4.69) is 16.2 Å². The van der Waals surface area contributed by atoms with Crippen LogP contribution in [-0.4, -0.2) is 41.4 Å². The van der Waals surface area contributed by atoms with E-state index in [4.69, 9.17) is 5.41 Å². The van der Waals surface area contributed by atoms with E-state index in [0.717, 1.165) is 48.4 Å². The van der Waals surface area contributed by atoms with Crippen molar-refractivity contribution < 1.29 is 27.6 Å². The maximum Gasteiger partial charge on any atom is 0.416 e. The number of carbonyl (C=O) groups excluding carboxylic acids is 3. The Bertz CT molecular complexity index is 1170. The summed E-state index contributed by atoms with van der Waals surface area (Å²) < 4.78 is 38.2. The average molecular weight is 508 g/mol. The molecule has 0 aliphatic carbocycles. The second-order valence-electron chi connectivity index (χ2n) is 7.90. The lowest BCUT2D eigenvalue weighted by molar-refractivity contribution is -0.137. The summed E-state index contributed by atoms with van der Waals surface area (Å²) in [5, 5.41) is 10.4. The van der Waals surface area contributed by atoms with Gasteiger partial charge in [-0.2, -0.15) is 13.2 Å². The molecule has 1 fully saturated rings. The summed E-state index contributed by atoms with van der Waals surface area (Å²) in [5.41, 5.74) is 4.23. The van der Waals surface area contributed by atoms with Crippen molar-refractivity contribution in [3.05, 3.63) is 63.0 Å². The van der Waals surface area contributed by atoms with Gasteiger partial charge in [-0.25, -0.2) is 0 Å². The van der Waals surface area contributed by atoms with Crippen molar-refractivity contribution in [2.75, 3.05) is 18.4 Å². The molecular formula is C23H24F3N5O3S. The molecule has 0 atom stereocenters. The third-order valence-electron chi connectivity index (χ3n) is 5.24. The van der Waals surface area contributed by atoms with Gasteiger partial charge in [-0.05, 0) is 63.1 Å². The van der Waals surface area contributed by atoms with Gasteiger partial charge in [-0.15, -0.1) is 11.3 Å². The number of anilines is 1. The van der Waals surface area contributed by atoms with E-state index in [9.17, 15) is 27.6 Å². The second-order valence-corrected chi connectivity index (χ2v) is 8.98. The summed E-state index contributed by atoms with van der Waals surface area (Å²) in [6.45, 7) is 4.23. The average Bonchev–Trinajstić information content (AvgIpc) is 3.49. The van der Waals surface area contributed by atoms with Gasteiger partial charge >= 0.3 is 6.18 Å². The Hall–Kier alpha value is -3.67. The number of halogens is 3. The molecule has 3 rings (SSSR count). The van der Waals surface area contributed by atoms with E-state index >= 15 is 0 Å². The Kier molecular flexibility index (Phi) is 7.95. The van der Waals surface area contributed by atoms with Crippen molar-refractivity contribution in [1.82, 2.24) is 15.8 Å². The van der Waals surface area contributed by atoms with Crippen molar-refractivity contribution in [1.29, 1.82) is 5.41 Å². The summed E-state index contributed by atoms with van der Waals surface area (Å²) in [6, 6.07) is 7.02. The molecule has 35 heavy (non-hydrogen) atoms. The van der Waals surface area contributed by atoms with Crippen molar-refractivity contribution in [3.63, 3.8) is 0 Å². The molecule has 0 bridgehead atoms. The van der Waals surface area contributed by atoms with Gasteiger partial charge in [-0.3, -0.25) is 19.8 Å². The number of likely N-dealkylation sites (tertiary alicyclic amines) is 1. The summed E-state index contributed by atoms with van der Waals surface area (Å²) in [4.78, 5) is 40.1. The Labute approximate surface area is 203 Å². The van der Waals surface area contributed by atoms with Crippen molar-refractivity contribution in [2.24, 2.45) is 0 Å². The first-order valence-corrected chi connectivity index (χ1v) is 11.5. The number of nitrogens with zero attached hydrogens (tertiary/aromatic N) is 1. The summed E-state index contributed by atoms with van der Waals surface area (Å²) in [5.74, 6) is -1.37. The van der Waals surface area contributed by atoms with Gasteiger partial charge in [0.25, 0.3) is 17.7 Å².